The molecule has 0 saturated heterocycles. The van der Waals surface area contributed by atoms with E-state index in [4.69, 9.17) is 0 Å². The lowest BCUT2D eigenvalue weighted by Crippen LogP contribution is -2.30. The number of rotatable bonds is 6. The van der Waals surface area contributed by atoms with E-state index in [9.17, 15) is 22.0 Å². The molecule has 0 heterocycles. The number of unbranched alkanes of at least 4 members (excludes halogenated alkanes) is 1. The highest BCUT2D eigenvalue weighted by Crippen LogP contribution is 2.48. The van der Waals surface area contributed by atoms with Crippen molar-refractivity contribution in [1.82, 2.24) is 0 Å². The summed E-state index contributed by atoms with van der Waals surface area (Å²) in [6, 6.07) is 9.32. The molecule has 2 saturated carbocycles. The Hall–Kier alpha value is -2.11. The van der Waals surface area contributed by atoms with Gasteiger partial charge in [-0.25, -0.2) is 8.78 Å². The molecule has 6 heteroatoms. The Labute approximate surface area is 192 Å². The lowest BCUT2D eigenvalue weighted by Gasteiger charge is -2.42. The monoisotopic (exact) mass is 466 g/mol. The Balaban J connectivity index is 1.41. The van der Waals surface area contributed by atoms with Crippen LogP contribution in [0.3, 0.4) is 0 Å². The zero-order chi connectivity index (χ0) is 23.6. The Morgan fingerprint density at radius 1 is 0.848 bits per heavy atom. The Morgan fingerprint density at radius 2 is 1.48 bits per heavy atom. The Kier molecular flexibility index (Phi) is 7.30. The first-order valence-electron chi connectivity index (χ1n) is 12.1. The molecule has 0 aromatic heterocycles. The highest BCUT2D eigenvalue weighted by Gasteiger charge is 2.36. The second-order valence-corrected chi connectivity index (χ2v) is 9.79. The summed E-state index contributed by atoms with van der Waals surface area (Å²) in [4.78, 5) is 0. The minimum atomic E-state index is -5.15. The summed E-state index contributed by atoms with van der Waals surface area (Å²) in [5, 5.41) is 0. The van der Waals surface area contributed by atoms with E-state index in [2.05, 4.69) is 11.7 Å². The summed E-state index contributed by atoms with van der Waals surface area (Å²) >= 11 is 0. The predicted molar refractivity (Wildman–Crippen MR) is 119 cm³/mol. The first kappa shape index (κ1) is 24.0. The van der Waals surface area contributed by atoms with Crippen LogP contribution < -0.4 is 4.74 Å². The van der Waals surface area contributed by atoms with Crippen molar-refractivity contribution in [2.75, 3.05) is 0 Å². The molecule has 2 fully saturated rings. The molecule has 2 aliphatic carbocycles. The van der Waals surface area contributed by atoms with Crippen LogP contribution in [-0.4, -0.2) is 6.36 Å². The van der Waals surface area contributed by atoms with Crippen LogP contribution in [0.25, 0.3) is 11.1 Å². The minimum Gasteiger partial charge on any atom is -0.399 e. The Morgan fingerprint density at radius 3 is 2.12 bits per heavy atom. The molecule has 4 rings (SSSR count). The van der Waals surface area contributed by atoms with Crippen molar-refractivity contribution in [3.63, 3.8) is 0 Å². The minimum absolute atomic E-state index is 0.181. The van der Waals surface area contributed by atoms with E-state index in [1.165, 1.54) is 56.9 Å². The van der Waals surface area contributed by atoms with Gasteiger partial charge >= 0.3 is 6.36 Å². The average molecular weight is 467 g/mol. The SMILES string of the molecule is CCCCC1CCC2CC(c3ccc(-c4cc(F)c(OC(F)(F)F)c(F)c4)cc3)CCC2C1. The average Bonchev–Trinajstić information content (AvgIpc) is 2.79. The number of hydrogen-bond acceptors (Lipinski definition) is 1. The van der Waals surface area contributed by atoms with Gasteiger partial charge in [-0.1, -0.05) is 56.9 Å². The van der Waals surface area contributed by atoms with Gasteiger partial charge in [0.05, 0.1) is 0 Å². The van der Waals surface area contributed by atoms with Gasteiger partial charge in [-0.2, -0.15) is 0 Å². The van der Waals surface area contributed by atoms with E-state index in [1.807, 2.05) is 12.1 Å². The van der Waals surface area contributed by atoms with E-state index >= 15 is 0 Å². The third kappa shape index (κ3) is 5.88. The molecule has 33 heavy (non-hydrogen) atoms. The molecule has 1 nitrogen and oxygen atoms in total. The van der Waals surface area contributed by atoms with E-state index in [-0.39, 0.29) is 5.56 Å². The van der Waals surface area contributed by atoms with Gasteiger partial charge in [0.2, 0.25) is 5.75 Å². The van der Waals surface area contributed by atoms with Crippen molar-refractivity contribution >= 4 is 0 Å². The maximum absolute atomic E-state index is 14.1. The third-order valence-corrected chi connectivity index (χ3v) is 7.62. The van der Waals surface area contributed by atoms with E-state index < -0.39 is 23.7 Å². The van der Waals surface area contributed by atoms with Gasteiger partial charge in [-0.15, -0.1) is 13.2 Å². The van der Waals surface area contributed by atoms with Crippen LogP contribution in [0.5, 0.6) is 5.75 Å². The predicted octanol–water partition coefficient (Wildman–Crippen LogP) is 9.02. The van der Waals surface area contributed by atoms with Crippen LogP contribution in [-0.2, 0) is 0 Å². The van der Waals surface area contributed by atoms with E-state index in [0.29, 0.717) is 11.5 Å². The van der Waals surface area contributed by atoms with E-state index in [0.717, 1.165) is 36.3 Å². The molecule has 0 N–H and O–H groups in total. The third-order valence-electron chi connectivity index (χ3n) is 7.62. The zero-order valence-electron chi connectivity index (χ0n) is 18.9. The van der Waals surface area contributed by atoms with Crippen molar-refractivity contribution in [3.8, 4) is 16.9 Å². The molecular weight excluding hydrogens is 435 g/mol. The van der Waals surface area contributed by atoms with Gasteiger partial charge in [-0.3, -0.25) is 0 Å². The van der Waals surface area contributed by atoms with Crippen LogP contribution in [0.2, 0.25) is 0 Å². The van der Waals surface area contributed by atoms with Gasteiger partial charge in [-0.05, 0) is 84.6 Å². The number of halogens is 5. The van der Waals surface area contributed by atoms with Crippen molar-refractivity contribution in [3.05, 3.63) is 53.6 Å². The topological polar surface area (TPSA) is 9.23 Å². The summed E-state index contributed by atoms with van der Waals surface area (Å²) in [6.45, 7) is 2.26. The summed E-state index contributed by atoms with van der Waals surface area (Å²) in [5.74, 6) is -1.16. The van der Waals surface area contributed by atoms with Gasteiger partial charge in [0.1, 0.15) is 0 Å². The largest absolute Gasteiger partial charge is 0.573 e. The number of alkyl halides is 3. The van der Waals surface area contributed by atoms with Gasteiger partial charge < -0.3 is 4.74 Å². The highest BCUT2D eigenvalue weighted by atomic mass is 19.4. The lowest BCUT2D eigenvalue weighted by molar-refractivity contribution is -0.276. The molecule has 4 unspecified atom stereocenters. The molecule has 0 radical (unpaired) electrons. The number of hydrogen-bond donors (Lipinski definition) is 0. The van der Waals surface area contributed by atoms with Crippen molar-refractivity contribution < 1.29 is 26.7 Å². The summed E-state index contributed by atoms with van der Waals surface area (Å²) < 4.78 is 68.7. The molecule has 2 aromatic carbocycles. The second-order valence-electron chi connectivity index (χ2n) is 9.79. The Bertz CT molecular complexity index is 914. The zero-order valence-corrected chi connectivity index (χ0v) is 18.9. The smallest absolute Gasteiger partial charge is 0.399 e. The van der Waals surface area contributed by atoms with Crippen LogP contribution >= 0.6 is 0 Å². The summed E-state index contributed by atoms with van der Waals surface area (Å²) in [5.41, 5.74) is 1.96. The molecule has 0 bridgehead atoms. The fourth-order valence-corrected chi connectivity index (χ4v) is 5.93. The first-order chi connectivity index (χ1) is 15.7. The molecule has 0 spiro atoms. The molecule has 0 amide bonds. The van der Waals surface area contributed by atoms with E-state index in [1.54, 1.807) is 12.1 Å². The quantitative estimate of drug-likeness (QED) is 0.386. The summed E-state index contributed by atoms with van der Waals surface area (Å²) in [7, 11) is 0. The highest BCUT2D eigenvalue weighted by molar-refractivity contribution is 5.65. The lowest BCUT2D eigenvalue weighted by atomic mass is 9.63. The van der Waals surface area contributed by atoms with Gasteiger partial charge in [0.25, 0.3) is 0 Å². The maximum atomic E-state index is 14.1. The van der Waals surface area contributed by atoms with Crippen molar-refractivity contribution in [2.45, 2.75) is 77.0 Å². The van der Waals surface area contributed by atoms with Crippen LogP contribution in [0.4, 0.5) is 22.0 Å². The molecule has 180 valence electrons. The molecule has 2 aromatic rings. The van der Waals surface area contributed by atoms with Gasteiger partial charge in [0.15, 0.2) is 11.6 Å². The van der Waals surface area contributed by atoms with Crippen molar-refractivity contribution in [2.24, 2.45) is 17.8 Å². The molecular formula is C27H31F5O. The standard InChI is InChI=1S/C27H31F5O/c1-2-3-4-17-5-6-22-14-21(12-11-20(22)13-17)18-7-9-19(10-8-18)23-15-24(28)26(25(29)16-23)33-27(30,31)32/h7-10,15-17,20-22H,2-6,11-14H2,1H3. The molecule has 4 atom stereocenters. The summed E-state index contributed by atoms with van der Waals surface area (Å²) in [6.07, 6.45) is 6.48. The fourth-order valence-electron chi connectivity index (χ4n) is 5.93. The number of fused-ring (bicyclic) bond motifs is 1. The number of ether oxygens (including phenoxy) is 1. The maximum Gasteiger partial charge on any atom is 0.573 e. The van der Waals surface area contributed by atoms with Crippen LogP contribution in [0.15, 0.2) is 36.4 Å². The fraction of sp³-hybridized carbons (Fsp3) is 0.556. The second kappa shape index (κ2) is 10.0. The number of benzene rings is 2. The van der Waals surface area contributed by atoms with Crippen molar-refractivity contribution in [1.29, 1.82) is 0 Å². The van der Waals surface area contributed by atoms with Gasteiger partial charge in [0, 0.05) is 0 Å². The van der Waals surface area contributed by atoms with Crippen LogP contribution in [0, 0.1) is 29.4 Å². The molecule has 2 aliphatic rings. The molecule has 0 aliphatic heterocycles. The normalized spacial score (nSPS) is 25.5. The first-order valence-corrected chi connectivity index (χ1v) is 12.1. The van der Waals surface area contributed by atoms with Crippen LogP contribution in [0.1, 0.15) is 76.2 Å².